The molecule has 2 atom stereocenters. The van der Waals surface area contributed by atoms with Gasteiger partial charge in [-0.1, -0.05) is 48.0 Å². The molecule has 194 valence electrons. The van der Waals surface area contributed by atoms with E-state index in [9.17, 15) is 18.7 Å². The molecule has 38 heavy (non-hydrogen) atoms. The minimum absolute atomic E-state index is 0.0753. The van der Waals surface area contributed by atoms with Crippen LogP contribution in [0.4, 0.5) is 14.5 Å². The Hall–Kier alpha value is -3.74. The highest BCUT2D eigenvalue weighted by atomic mass is 35.5. The monoisotopic (exact) mass is 533 g/mol. The maximum Gasteiger partial charge on any atom is 0.233 e. The molecule has 4 aromatic rings. The molecule has 1 fully saturated rings. The van der Waals surface area contributed by atoms with Crippen LogP contribution in [0.25, 0.3) is 0 Å². The molecule has 1 heterocycles. The molecular formula is C31H26ClF2NO3. The number of rotatable bonds is 8. The molecule has 0 bridgehead atoms. The van der Waals surface area contributed by atoms with Crippen molar-refractivity contribution in [2.75, 3.05) is 12.0 Å². The lowest BCUT2D eigenvalue weighted by molar-refractivity contribution is -0.131. The van der Waals surface area contributed by atoms with E-state index in [1.807, 2.05) is 24.3 Å². The lowest BCUT2D eigenvalue weighted by Gasteiger charge is -2.48. The minimum Gasteiger partial charge on any atom is -0.497 e. The molecule has 4 aromatic carbocycles. The number of methoxy groups -OCH3 is 1. The van der Waals surface area contributed by atoms with Gasteiger partial charge >= 0.3 is 0 Å². The van der Waals surface area contributed by atoms with Crippen LogP contribution in [0.2, 0.25) is 5.02 Å². The summed E-state index contributed by atoms with van der Waals surface area (Å²) in [4.78, 5) is 15.3. The SMILES string of the molecule is COc1ccc(C2C(CCC(O)(c3ccc(F)cc3)c3ccc(F)cc3)C(=O)N2c2ccc(Cl)cc2)cc1. The highest BCUT2D eigenvalue weighted by Crippen LogP contribution is 2.48. The van der Waals surface area contributed by atoms with E-state index in [2.05, 4.69) is 0 Å². The Morgan fingerprint density at radius 2 is 1.37 bits per heavy atom. The molecule has 0 saturated carbocycles. The highest BCUT2D eigenvalue weighted by Gasteiger charge is 2.49. The smallest absolute Gasteiger partial charge is 0.233 e. The zero-order valence-electron chi connectivity index (χ0n) is 20.7. The van der Waals surface area contributed by atoms with Gasteiger partial charge in [-0.15, -0.1) is 0 Å². The van der Waals surface area contributed by atoms with Crippen LogP contribution in [0.1, 0.15) is 35.6 Å². The van der Waals surface area contributed by atoms with Gasteiger partial charge in [-0.05, 0) is 90.2 Å². The molecular weight excluding hydrogens is 508 g/mol. The van der Waals surface area contributed by atoms with Crippen molar-refractivity contribution in [1.29, 1.82) is 0 Å². The maximum atomic E-state index is 13.7. The van der Waals surface area contributed by atoms with E-state index in [0.717, 1.165) is 11.3 Å². The average Bonchev–Trinajstić information content (AvgIpc) is 2.93. The van der Waals surface area contributed by atoms with Crippen LogP contribution in [0.15, 0.2) is 97.1 Å². The summed E-state index contributed by atoms with van der Waals surface area (Å²) in [6.45, 7) is 0. The number of carbonyl (C=O) groups is 1. The lowest BCUT2D eigenvalue weighted by atomic mass is 9.74. The summed E-state index contributed by atoms with van der Waals surface area (Å²) >= 11 is 6.07. The van der Waals surface area contributed by atoms with Gasteiger partial charge in [0.15, 0.2) is 0 Å². The number of benzene rings is 4. The molecule has 1 saturated heterocycles. The Labute approximate surface area is 225 Å². The fourth-order valence-corrected chi connectivity index (χ4v) is 5.30. The van der Waals surface area contributed by atoms with Gasteiger partial charge in [0.1, 0.15) is 23.0 Å². The van der Waals surface area contributed by atoms with Crippen LogP contribution in [0, 0.1) is 17.6 Å². The van der Waals surface area contributed by atoms with Crippen molar-refractivity contribution in [1.82, 2.24) is 0 Å². The van der Waals surface area contributed by atoms with Crippen LogP contribution in [-0.4, -0.2) is 18.1 Å². The number of β-lactam (4-membered cyclic amide) rings is 1. The van der Waals surface area contributed by atoms with Crippen LogP contribution >= 0.6 is 11.6 Å². The van der Waals surface area contributed by atoms with Gasteiger partial charge in [0.25, 0.3) is 0 Å². The van der Waals surface area contributed by atoms with Crippen LogP contribution in [0.5, 0.6) is 5.75 Å². The Morgan fingerprint density at radius 1 is 0.842 bits per heavy atom. The summed E-state index contributed by atoms with van der Waals surface area (Å²) in [7, 11) is 1.59. The first-order chi connectivity index (χ1) is 18.3. The van der Waals surface area contributed by atoms with E-state index in [-0.39, 0.29) is 18.4 Å². The lowest BCUT2D eigenvalue weighted by Crippen LogP contribution is -2.55. The Morgan fingerprint density at radius 3 is 1.87 bits per heavy atom. The predicted molar refractivity (Wildman–Crippen MR) is 143 cm³/mol. The topological polar surface area (TPSA) is 49.8 Å². The van der Waals surface area contributed by atoms with E-state index < -0.39 is 23.2 Å². The van der Waals surface area contributed by atoms with Gasteiger partial charge < -0.3 is 14.7 Å². The fraction of sp³-hybridized carbons (Fsp3) is 0.194. The summed E-state index contributed by atoms with van der Waals surface area (Å²) in [5.41, 5.74) is 1.04. The van der Waals surface area contributed by atoms with Gasteiger partial charge in [0.05, 0.1) is 19.1 Å². The van der Waals surface area contributed by atoms with Crippen LogP contribution < -0.4 is 9.64 Å². The van der Waals surface area contributed by atoms with Gasteiger partial charge in [-0.25, -0.2) is 8.78 Å². The molecule has 0 spiro atoms. The largest absolute Gasteiger partial charge is 0.497 e. The maximum absolute atomic E-state index is 13.7. The molecule has 0 aromatic heterocycles. The zero-order chi connectivity index (χ0) is 26.9. The molecule has 0 aliphatic carbocycles. The third-order valence-corrected chi connectivity index (χ3v) is 7.49. The third-order valence-electron chi connectivity index (χ3n) is 7.24. The molecule has 1 amide bonds. The molecule has 0 radical (unpaired) electrons. The Bertz CT molecular complexity index is 1360. The number of anilines is 1. The predicted octanol–water partition coefficient (Wildman–Crippen LogP) is 7.05. The first-order valence-electron chi connectivity index (χ1n) is 12.3. The van der Waals surface area contributed by atoms with E-state index in [4.69, 9.17) is 16.3 Å². The molecule has 1 aliphatic heterocycles. The number of ether oxygens (including phenoxy) is 1. The summed E-state index contributed by atoms with van der Waals surface area (Å²) < 4.78 is 32.7. The second-order valence-electron chi connectivity index (χ2n) is 9.42. The number of carbonyl (C=O) groups excluding carboxylic acids is 1. The molecule has 2 unspecified atom stereocenters. The number of halogens is 3. The Balaban J connectivity index is 1.48. The normalized spacial score (nSPS) is 17.3. The van der Waals surface area contributed by atoms with Crippen molar-refractivity contribution < 1.29 is 23.4 Å². The van der Waals surface area contributed by atoms with E-state index in [1.165, 1.54) is 48.5 Å². The summed E-state index contributed by atoms with van der Waals surface area (Å²) in [5.74, 6) is -0.652. The second-order valence-corrected chi connectivity index (χ2v) is 9.86. The number of nitrogens with zero attached hydrogens (tertiary/aromatic N) is 1. The summed E-state index contributed by atoms with van der Waals surface area (Å²) in [5, 5.41) is 12.5. The summed E-state index contributed by atoms with van der Waals surface area (Å²) in [6.07, 6.45) is 0.507. The van der Waals surface area contributed by atoms with Crippen molar-refractivity contribution in [3.63, 3.8) is 0 Å². The van der Waals surface area contributed by atoms with Gasteiger partial charge in [-0.2, -0.15) is 0 Å². The minimum atomic E-state index is -1.55. The molecule has 5 rings (SSSR count). The first-order valence-corrected chi connectivity index (χ1v) is 12.6. The van der Waals surface area contributed by atoms with Crippen molar-refractivity contribution >= 4 is 23.2 Å². The van der Waals surface area contributed by atoms with Crippen molar-refractivity contribution in [2.24, 2.45) is 5.92 Å². The number of amides is 1. The van der Waals surface area contributed by atoms with E-state index >= 15 is 0 Å². The number of aliphatic hydroxyl groups is 1. The van der Waals surface area contributed by atoms with Crippen molar-refractivity contribution in [3.8, 4) is 5.75 Å². The van der Waals surface area contributed by atoms with E-state index in [1.54, 1.807) is 36.3 Å². The zero-order valence-corrected chi connectivity index (χ0v) is 21.4. The number of hydrogen-bond acceptors (Lipinski definition) is 3. The van der Waals surface area contributed by atoms with Gasteiger partial charge in [0.2, 0.25) is 5.91 Å². The average molecular weight is 534 g/mol. The van der Waals surface area contributed by atoms with Crippen LogP contribution in [-0.2, 0) is 10.4 Å². The molecule has 7 heteroatoms. The first kappa shape index (κ1) is 25.9. The fourth-order valence-electron chi connectivity index (χ4n) is 5.17. The number of hydrogen-bond donors (Lipinski definition) is 1. The van der Waals surface area contributed by atoms with Gasteiger partial charge in [-0.3, -0.25) is 4.79 Å². The quantitative estimate of drug-likeness (QED) is 0.247. The molecule has 4 nitrogen and oxygen atoms in total. The molecule has 1 N–H and O–H groups in total. The Kier molecular flexibility index (Phi) is 7.19. The molecule has 1 aliphatic rings. The standard InChI is InChI=1S/C31H26ClF2NO3/c1-38-27-16-2-20(3-17-27)29-28(30(36)35(29)26-14-8-23(32)9-15-26)18-19-31(37,21-4-10-24(33)11-5-21)22-6-12-25(34)13-7-22/h2-17,28-29,37H,18-19H2,1H3. The van der Waals surface area contributed by atoms with Crippen molar-refractivity contribution in [2.45, 2.75) is 24.5 Å². The van der Waals surface area contributed by atoms with Crippen molar-refractivity contribution in [3.05, 3.63) is 130 Å². The van der Waals surface area contributed by atoms with E-state index in [0.29, 0.717) is 28.3 Å². The summed E-state index contributed by atoms with van der Waals surface area (Å²) in [6, 6.07) is 25.6. The van der Waals surface area contributed by atoms with Crippen LogP contribution in [0.3, 0.4) is 0 Å². The second kappa shape index (κ2) is 10.6. The van der Waals surface area contributed by atoms with Gasteiger partial charge in [0, 0.05) is 10.7 Å². The highest BCUT2D eigenvalue weighted by molar-refractivity contribution is 6.30. The third kappa shape index (κ3) is 4.89.